The predicted molar refractivity (Wildman–Crippen MR) is 73.6 cm³/mol. The molecule has 0 aliphatic rings. The maximum absolute atomic E-state index is 11.7. The Hall–Kier alpha value is -1.39. The molecule has 1 aromatic carbocycles. The van der Waals surface area contributed by atoms with Crippen molar-refractivity contribution in [3.63, 3.8) is 0 Å². The Balaban J connectivity index is 2.63. The van der Waals surface area contributed by atoms with E-state index in [-0.39, 0.29) is 18.6 Å². The molecule has 0 spiro atoms. The summed E-state index contributed by atoms with van der Waals surface area (Å²) < 4.78 is 5.27. The van der Waals surface area contributed by atoms with Crippen molar-refractivity contribution in [2.75, 3.05) is 26.0 Å². The molecule has 1 rings (SSSR count). The Bertz CT molecular complexity index is 389. The smallest absolute Gasteiger partial charge is 0.250 e. The fourth-order valence-electron chi connectivity index (χ4n) is 1.55. The molecule has 0 saturated heterocycles. The van der Waals surface area contributed by atoms with Crippen LogP contribution in [0, 0.1) is 0 Å². The lowest BCUT2D eigenvalue weighted by Crippen LogP contribution is -2.22. The second-order valence-electron chi connectivity index (χ2n) is 4.80. The van der Waals surface area contributed by atoms with Crippen LogP contribution in [0.1, 0.15) is 19.4 Å². The lowest BCUT2D eigenvalue weighted by Gasteiger charge is -2.15. The zero-order chi connectivity index (χ0) is 13.5. The molecule has 0 atom stereocenters. The summed E-state index contributed by atoms with van der Waals surface area (Å²) in [5.41, 5.74) is 1.95. The highest BCUT2D eigenvalue weighted by Crippen LogP contribution is 2.16. The standard InChI is InChI=1S/C14H22N2O2/c1-11(2)18-10-14(17)15-13-8-6-5-7-12(13)9-16(3)4/h5-8,11H,9-10H2,1-4H3,(H,15,17). The quantitative estimate of drug-likeness (QED) is 0.840. The van der Waals surface area contributed by atoms with Crippen molar-refractivity contribution in [2.45, 2.75) is 26.5 Å². The van der Waals surface area contributed by atoms with E-state index in [0.29, 0.717) is 0 Å². The van der Waals surface area contributed by atoms with Gasteiger partial charge in [-0.05, 0) is 39.6 Å². The molecule has 0 radical (unpaired) electrons. The molecule has 0 fully saturated rings. The van der Waals surface area contributed by atoms with Crippen LogP contribution in [0.15, 0.2) is 24.3 Å². The van der Waals surface area contributed by atoms with Crippen LogP contribution in [-0.4, -0.2) is 37.6 Å². The maximum Gasteiger partial charge on any atom is 0.250 e. The first-order valence-electron chi connectivity index (χ1n) is 6.13. The number of nitrogens with one attached hydrogen (secondary N) is 1. The van der Waals surface area contributed by atoms with Gasteiger partial charge in [-0.1, -0.05) is 18.2 Å². The first-order chi connectivity index (χ1) is 8.49. The zero-order valence-electron chi connectivity index (χ0n) is 11.6. The molecular formula is C14H22N2O2. The van der Waals surface area contributed by atoms with Crippen LogP contribution in [-0.2, 0) is 16.1 Å². The first kappa shape index (κ1) is 14.7. The average Bonchev–Trinajstić information content (AvgIpc) is 2.28. The van der Waals surface area contributed by atoms with Crippen molar-refractivity contribution in [3.8, 4) is 0 Å². The van der Waals surface area contributed by atoms with E-state index in [4.69, 9.17) is 4.74 Å². The summed E-state index contributed by atoms with van der Waals surface area (Å²) in [4.78, 5) is 13.8. The molecule has 100 valence electrons. The Morgan fingerprint density at radius 3 is 2.61 bits per heavy atom. The second kappa shape index (κ2) is 7.13. The van der Waals surface area contributed by atoms with Crippen molar-refractivity contribution >= 4 is 11.6 Å². The van der Waals surface area contributed by atoms with Gasteiger partial charge in [0.2, 0.25) is 5.91 Å². The lowest BCUT2D eigenvalue weighted by atomic mass is 10.1. The van der Waals surface area contributed by atoms with Crippen LogP contribution in [0.3, 0.4) is 0 Å². The van der Waals surface area contributed by atoms with Crippen LogP contribution in [0.2, 0.25) is 0 Å². The van der Waals surface area contributed by atoms with Gasteiger partial charge >= 0.3 is 0 Å². The fourth-order valence-corrected chi connectivity index (χ4v) is 1.55. The number of hydrogen-bond acceptors (Lipinski definition) is 3. The molecule has 0 aliphatic heterocycles. The van der Waals surface area contributed by atoms with Crippen molar-refractivity contribution < 1.29 is 9.53 Å². The number of anilines is 1. The number of rotatable bonds is 6. The van der Waals surface area contributed by atoms with E-state index in [1.54, 1.807) is 0 Å². The van der Waals surface area contributed by atoms with Gasteiger partial charge in [0, 0.05) is 12.2 Å². The third-order valence-electron chi connectivity index (χ3n) is 2.33. The van der Waals surface area contributed by atoms with Gasteiger partial charge in [-0.2, -0.15) is 0 Å². The topological polar surface area (TPSA) is 41.6 Å². The van der Waals surface area contributed by atoms with E-state index in [1.807, 2.05) is 52.2 Å². The Labute approximate surface area is 109 Å². The van der Waals surface area contributed by atoms with Gasteiger partial charge in [-0.15, -0.1) is 0 Å². The number of nitrogens with zero attached hydrogens (tertiary/aromatic N) is 1. The van der Waals surface area contributed by atoms with Crippen LogP contribution in [0.4, 0.5) is 5.69 Å². The number of carbonyl (C=O) groups is 1. The molecule has 0 saturated carbocycles. The summed E-state index contributed by atoms with van der Waals surface area (Å²) in [6.07, 6.45) is 0.0627. The molecular weight excluding hydrogens is 228 g/mol. The van der Waals surface area contributed by atoms with E-state index in [2.05, 4.69) is 10.2 Å². The molecule has 0 aromatic heterocycles. The maximum atomic E-state index is 11.7. The van der Waals surface area contributed by atoms with Crippen LogP contribution >= 0.6 is 0 Å². The highest BCUT2D eigenvalue weighted by molar-refractivity contribution is 5.92. The number of hydrogen-bond donors (Lipinski definition) is 1. The molecule has 0 aliphatic carbocycles. The lowest BCUT2D eigenvalue weighted by molar-refractivity contribution is -0.121. The highest BCUT2D eigenvalue weighted by atomic mass is 16.5. The van der Waals surface area contributed by atoms with Crippen molar-refractivity contribution in [3.05, 3.63) is 29.8 Å². The summed E-state index contributed by atoms with van der Waals surface area (Å²) in [5.74, 6) is -0.116. The van der Waals surface area contributed by atoms with Gasteiger partial charge < -0.3 is 15.0 Å². The predicted octanol–water partition coefficient (Wildman–Crippen LogP) is 2.11. The van der Waals surface area contributed by atoms with E-state index >= 15 is 0 Å². The van der Waals surface area contributed by atoms with Gasteiger partial charge in [0.1, 0.15) is 6.61 Å². The van der Waals surface area contributed by atoms with Gasteiger partial charge in [0.05, 0.1) is 6.10 Å². The first-order valence-corrected chi connectivity index (χ1v) is 6.13. The third kappa shape index (κ3) is 5.29. The third-order valence-corrected chi connectivity index (χ3v) is 2.33. The molecule has 18 heavy (non-hydrogen) atoms. The molecule has 4 heteroatoms. The van der Waals surface area contributed by atoms with Gasteiger partial charge in [-0.25, -0.2) is 0 Å². The minimum Gasteiger partial charge on any atom is -0.369 e. The molecule has 0 heterocycles. The van der Waals surface area contributed by atoms with Gasteiger partial charge in [0.25, 0.3) is 0 Å². The summed E-state index contributed by atoms with van der Waals surface area (Å²) in [7, 11) is 4.00. The second-order valence-corrected chi connectivity index (χ2v) is 4.80. The van der Waals surface area contributed by atoms with E-state index < -0.39 is 0 Å². The molecule has 0 bridgehead atoms. The number of para-hydroxylation sites is 1. The molecule has 1 N–H and O–H groups in total. The van der Waals surface area contributed by atoms with Gasteiger partial charge in [0.15, 0.2) is 0 Å². The fraction of sp³-hybridized carbons (Fsp3) is 0.500. The van der Waals surface area contributed by atoms with E-state index in [0.717, 1.165) is 17.8 Å². The number of carbonyl (C=O) groups excluding carboxylic acids is 1. The van der Waals surface area contributed by atoms with Crippen molar-refractivity contribution in [1.29, 1.82) is 0 Å². The summed E-state index contributed by atoms with van der Waals surface area (Å²) >= 11 is 0. The van der Waals surface area contributed by atoms with Crippen LogP contribution in [0.25, 0.3) is 0 Å². The van der Waals surface area contributed by atoms with Crippen molar-refractivity contribution in [2.24, 2.45) is 0 Å². The van der Waals surface area contributed by atoms with Crippen LogP contribution < -0.4 is 5.32 Å². The summed E-state index contributed by atoms with van der Waals surface area (Å²) in [6, 6.07) is 7.81. The molecule has 1 amide bonds. The zero-order valence-corrected chi connectivity index (χ0v) is 11.6. The summed E-state index contributed by atoms with van der Waals surface area (Å²) in [6.45, 7) is 4.70. The molecule has 0 unspecified atom stereocenters. The molecule has 1 aromatic rings. The van der Waals surface area contributed by atoms with Crippen LogP contribution in [0.5, 0.6) is 0 Å². The molecule has 4 nitrogen and oxygen atoms in total. The van der Waals surface area contributed by atoms with Crippen molar-refractivity contribution in [1.82, 2.24) is 4.90 Å². The normalized spacial score (nSPS) is 11.0. The largest absolute Gasteiger partial charge is 0.369 e. The Morgan fingerprint density at radius 1 is 1.33 bits per heavy atom. The average molecular weight is 250 g/mol. The van der Waals surface area contributed by atoms with Gasteiger partial charge in [-0.3, -0.25) is 4.79 Å². The number of ether oxygens (including phenoxy) is 1. The van der Waals surface area contributed by atoms with E-state index in [1.165, 1.54) is 0 Å². The monoisotopic (exact) mass is 250 g/mol. The highest BCUT2D eigenvalue weighted by Gasteiger charge is 2.08. The Morgan fingerprint density at radius 2 is 2.00 bits per heavy atom. The number of amides is 1. The number of benzene rings is 1. The minimum atomic E-state index is -0.116. The Kier molecular flexibility index (Phi) is 5.82. The van der Waals surface area contributed by atoms with E-state index in [9.17, 15) is 4.79 Å². The minimum absolute atomic E-state index is 0.0627. The SMILES string of the molecule is CC(C)OCC(=O)Nc1ccccc1CN(C)C. The summed E-state index contributed by atoms with van der Waals surface area (Å²) in [5, 5.41) is 2.88.